The summed E-state index contributed by atoms with van der Waals surface area (Å²) in [4.78, 5) is 0. The Morgan fingerprint density at radius 1 is 0.865 bits per heavy atom. The molecule has 37 heavy (non-hydrogen) atoms. The van der Waals surface area contributed by atoms with E-state index in [1.807, 2.05) is 26.8 Å². The zero-order chi connectivity index (χ0) is 27.7. The van der Waals surface area contributed by atoms with Crippen molar-refractivity contribution in [1.82, 2.24) is 0 Å². The minimum atomic E-state index is -1.52. The third-order valence-electron chi connectivity index (χ3n) is 7.37. The Bertz CT molecular complexity index is 811. The third kappa shape index (κ3) is 6.78. The summed E-state index contributed by atoms with van der Waals surface area (Å²) in [5, 5.41) is 79.2. The van der Waals surface area contributed by atoms with E-state index in [-0.39, 0.29) is 11.5 Å². The number of hydrogen-bond acceptors (Lipinski definition) is 12. The molecule has 0 amide bonds. The number of ether oxygens (including phenoxy) is 4. The molecule has 0 aromatic heterocycles. The lowest BCUT2D eigenvalue weighted by molar-refractivity contribution is -0.313. The summed E-state index contributed by atoms with van der Waals surface area (Å²) < 4.78 is 22.6. The van der Waals surface area contributed by atoms with Crippen molar-refractivity contribution in [2.75, 3.05) is 13.2 Å². The summed E-state index contributed by atoms with van der Waals surface area (Å²) in [6, 6.07) is 0. The molecule has 2 heterocycles. The molecule has 2 saturated heterocycles. The van der Waals surface area contributed by atoms with Crippen LogP contribution in [0.25, 0.3) is 0 Å². The fraction of sp³-hybridized carbons (Fsp3) is 0.840. The summed E-state index contributed by atoms with van der Waals surface area (Å²) in [7, 11) is 0. The smallest absolute Gasteiger partial charge is 0.187 e. The second kappa shape index (κ2) is 12.5. The summed E-state index contributed by atoms with van der Waals surface area (Å²) in [6.07, 6.45) is -9.55. The zero-order valence-corrected chi connectivity index (χ0v) is 21.6. The maximum Gasteiger partial charge on any atom is 0.187 e. The molecule has 0 saturated carbocycles. The van der Waals surface area contributed by atoms with Crippen LogP contribution in [0.5, 0.6) is 0 Å². The fourth-order valence-electron chi connectivity index (χ4n) is 5.28. The number of hydrogen-bond donors (Lipinski definition) is 8. The van der Waals surface area contributed by atoms with Gasteiger partial charge in [0, 0.05) is 0 Å². The first-order valence-electron chi connectivity index (χ1n) is 12.6. The second-order valence-corrected chi connectivity index (χ2v) is 10.8. The zero-order valence-electron chi connectivity index (χ0n) is 21.6. The van der Waals surface area contributed by atoms with Gasteiger partial charge in [0.2, 0.25) is 0 Å². The predicted molar refractivity (Wildman–Crippen MR) is 128 cm³/mol. The molecule has 12 nitrogen and oxygen atoms in total. The average Bonchev–Trinajstić information content (AvgIpc) is 2.83. The van der Waals surface area contributed by atoms with Crippen LogP contribution < -0.4 is 0 Å². The van der Waals surface area contributed by atoms with E-state index < -0.39 is 80.7 Å². The molecule has 0 aromatic rings. The van der Waals surface area contributed by atoms with Crippen molar-refractivity contribution in [3.05, 3.63) is 23.3 Å². The van der Waals surface area contributed by atoms with E-state index in [9.17, 15) is 40.9 Å². The molecule has 0 aromatic carbocycles. The Hall–Kier alpha value is -1.00. The molecule has 0 unspecified atom stereocenters. The molecule has 1 aliphatic carbocycles. The van der Waals surface area contributed by atoms with E-state index in [1.165, 1.54) is 0 Å². The Kier molecular flexibility index (Phi) is 10.3. The second-order valence-electron chi connectivity index (χ2n) is 10.8. The van der Waals surface area contributed by atoms with Gasteiger partial charge in [-0.1, -0.05) is 31.6 Å². The van der Waals surface area contributed by atoms with Crippen molar-refractivity contribution in [2.24, 2.45) is 5.41 Å². The van der Waals surface area contributed by atoms with Crippen LogP contribution in [0.15, 0.2) is 23.3 Å². The molecule has 0 radical (unpaired) electrons. The summed E-state index contributed by atoms with van der Waals surface area (Å²) in [5.41, 5.74) is 1.69. The van der Waals surface area contributed by atoms with Gasteiger partial charge in [-0.25, -0.2) is 0 Å². The fourth-order valence-corrected chi connectivity index (χ4v) is 5.28. The van der Waals surface area contributed by atoms with Crippen LogP contribution in [0.2, 0.25) is 0 Å². The van der Waals surface area contributed by atoms with Crippen molar-refractivity contribution < 1.29 is 59.8 Å². The van der Waals surface area contributed by atoms with Crippen molar-refractivity contribution in [3.8, 4) is 0 Å². The molecular formula is C25H42O12. The molecule has 214 valence electrons. The third-order valence-corrected chi connectivity index (χ3v) is 7.37. The molecule has 0 spiro atoms. The lowest BCUT2D eigenvalue weighted by Gasteiger charge is -2.43. The molecule has 3 aliphatic rings. The first-order valence-corrected chi connectivity index (χ1v) is 12.6. The average molecular weight is 535 g/mol. The van der Waals surface area contributed by atoms with E-state index in [0.29, 0.717) is 12.8 Å². The Labute approximate surface area is 216 Å². The van der Waals surface area contributed by atoms with E-state index in [1.54, 1.807) is 13.0 Å². The minimum absolute atomic E-state index is 0.351. The lowest BCUT2D eigenvalue weighted by Crippen LogP contribution is -2.59. The summed E-state index contributed by atoms with van der Waals surface area (Å²) in [5.74, 6) is 0. The van der Waals surface area contributed by atoms with Crippen LogP contribution in [0.1, 0.15) is 40.5 Å². The molecule has 2 aliphatic heterocycles. The maximum atomic E-state index is 10.3. The summed E-state index contributed by atoms with van der Waals surface area (Å²) >= 11 is 0. The molecule has 0 bridgehead atoms. The molecule has 3 rings (SSSR count). The predicted octanol–water partition coefficient (Wildman–Crippen LogP) is -1.93. The quantitative estimate of drug-likeness (QED) is 0.172. The maximum absolute atomic E-state index is 10.3. The Morgan fingerprint density at radius 3 is 1.89 bits per heavy atom. The highest BCUT2D eigenvalue weighted by Crippen LogP contribution is 2.43. The van der Waals surface area contributed by atoms with Crippen molar-refractivity contribution in [3.63, 3.8) is 0 Å². The van der Waals surface area contributed by atoms with E-state index >= 15 is 0 Å². The minimum Gasteiger partial charge on any atom is -0.394 e. The van der Waals surface area contributed by atoms with Gasteiger partial charge in [0.05, 0.1) is 25.4 Å². The van der Waals surface area contributed by atoms with Crippen LogP contribution >= 0.6 is 0 Å². The normalized spacial score (nSPS) is 43.8. The molecular weight excluding hydrogens is 492 g/mol. The van der Waals surface area contributed by atoms with Crippen molar-refractivity contribution in [2.45, 2.75) is 114 Å². The van der Waals surface area contributed by atoms with Gasteiger partial charge in [0.1, 0.15) is 48.8 Å². The van der Waals surface area contributed by atoms with Crippen LogP contribution in [-0.2, 0) is 18.9 Å². The molecule has 8 N–H and O–H groups in total. The highest BCUT2D eigenvalue weighted by molar-refractivity contribution is 5.34. The van der Waals surface area contributed by atoms with E-state index in [4.69, 9.17) is 18.9 Å². The Morgan fingerprint density at radius 2 is 1.38 bits per heavy atom. The van der Waals surface area contributed by atoms with Gasteiger partial charge in [0.25, 0.3) is 0 Å². The van der Waals surface area contributed by atoms with Gasteiger partial charge in [-0.05, 0) is 37.7 Å². The van der Waals surface area contributed by atoms with Crippen LogP contribution in [0.4, 0.5) is 0 Å². The standard InChI is InChI=1S/C25H42O12/c1-11-7-13(35-24-22(33)20(31)18(29)16(10-27)37-24)8-25(3,4)14(11)6-5-12(2)34-23-21(32)19(30)17(28)15(9-26)36-23/h5-6,12-13,15-24,26-33H,7-10H2,1-4H3/b6-5+/t12-,13+,15+,16+,17-,18-,19-,20-,21+,22+,23+,24+/m0/s1. The molecule has 12 atom stereocenters. The van der Waals surface area contributed by atoms with Crippen LogP contribution in [0.3, 0.4) is 0 Å². The van der Waals surface area contributed by atoms with Gasteiger partial charge in [-0.15, -0.1) is 0 Å². The van der Waals surface area contributed by atoms with Crippen LogP contribution in [-0.4, -0.2) is 128 Å². The van der Waals surface area contributed by atoms with Gasteiger partial charge >= 0.3 is 0 Å². The van der Waals surface area contributed by atoms with Gasteiger partial charge in [-0.3, -0.25) is 0 Å². The number of aliphatic hydroxyl groups excluding tert-OH is 8. The highest BCUT2D eigenvalue weighted by atomic mass is 16.7. The first kappa shape index (κ1) is 30.5. The first-order chi connectivity index (χ1) is 17.3. The number of aliphatic hydroxyl groups is 8. The topological polar surface area (TPSA) is 199 Å². The largest absolute Gasteiger partial charge is 0.394 e. The number of rotatable bonds is 8. The van der Waals surface area contributed by atoms with Gasteiger partial charge < -0.3 is 59.8 Å². The monoisotopic (exact) mass is 534 g/mol. The lowest BCUT2D eigenvalue weighted by atomic mass is 9.71. The van der Waals surface area contributed by atoms with E-state index in [2.05, 4.69) is 0 Å². The van der Waals surface area contributed by atoms with Crippen molar-refractivity contribution >= 4 is 0 Å². The van der Waals surface area contributed by atoms with Crippen LogP contribution in [0, 0.1) is 5.41 Å². The molecule has 12 heteroatoms. The van der Waals surface area contributed by atoms with Gasteiger partial charge in [0.15, 0.2) is 12.6 Å². The van der Waals surface area contributed by atoms with Gasteiger partial charge in [-0.2, -0.15) is 0 Å². The SMILES string of the molecule is CC1=C(/C=C/[C@H](C)O[C@@H]2O[C@H](CO)[C@H](O)[C@H](O)[C@H]2O)C(C)(C)C[C@H](O[C@@H]2O[C@H](CO)[C@H](O)[C@H](O)[C@H]2O)C1. The highest BCUT2D eigenvalue weighted by Gasteiger charge is 2.46. The van der Waals surface area contributed by atoms with Crippen molar-refractivity contribution in [1.29, 1.82) is 0 Å². The molecule has 2 fully saturated rings. The summed E-state index contributed by atoms with van der Waals surface area (Å²) in [6.45, 7) is 6.67. The number of allylic oxidation sites excluding steroid dienone is 2. The van der Waals surface area contributed by atoms with E-state index in [0.717, 1.165) is 11.1 Å². The Balaban J connectivity index is 1.64.